The Hall–Kier alpha value is -0.340. The summed E-state index contributed by atoms with van der Waals surface area (Å²) in [7, 11) is 7.79. The van der Waals surface area contributed by atoms with E-state index in [1.54, 1.807) is 4.90 Å². The second kappa shape index (κ2) is 9.55. The van der Waals surface area contributed by atoms with Gasteiger partial charge in [0.2, 0.25) is 0 Å². The van der Waals surface area contributed by atoms with Crippen LogP contribution in [-0.2, 0) is 14.2 Å². The fraction of sp³-hybridized carbons (Fsp3) is 1.00. The average Bonchev–Trinajstić information content (AvgIpc) is 2.99. The van der Waals surface area contributed by atoms with Crippen molar-refractivity contribution in [1.82, 2.24) is 9.80 Å². The van der Waals surface area contributed by atoms with Gasteiger partial charge in [-0.25, -0.2) is 8.78 Å². The Labute approximate surface area is 151 Å². The topological polar surface area (TPSA) is 34.2 Å². The van der Waals surface area contributed by atoms with Crippen LogP contribution in [0.5, 0.6) is 0 Å². The fourth-order valence-corrected chi connectivity index (χ4v) is 3.26. The van der Waals surface area contributed by atoms with E-state index in [-0.39, 0.29) is 18.4 Å². The first-order chi connectivity index (χ1) is 11.6. The first-order valence-corrected chi connectivity index (χ1v) is 9.02. The third kappa shape index (κ3) is 6.71. The molecule has 2 fully saturated rings. The van der Waals surface area contributed by atoms with Crippen LogP contribution in [0, 0.1) is 10.8 Å². The van der Waals surface area contributed by atoms with E-state index in [1.165, 1.54) is 0 Å². The van der Waals surface area contributed by atoms with Gasteiger partial charge in [0, 0.05) is 32.7 Å². The lowest BCUT2D eigenvalue weighted by Gasteiger charge is -2.42. The van der Waals surface area contributed by atoms with Crippen molar-refractivity contribution in [2.24, 2.45) is 10.8 Å². The summed E-state index contributed by atoms with van der Waals surface area (Å²) in [5.74, 6) is -2.52. The molecule has 0 N–H and O–H groups in total. The zero-order valence-electron chi connectivity index (χ0n) is 16.7. The highest BCUT2D eigenvalue weighted by molar-refractivity contribution is 5.11. The summed E-state index contributed by atoms with van der Waals surface area (Å²) in [4.78, 5) is 3.99. The van der Waals surface area contributed by atoms with Gasteiger partial charge in [-0.15, -0.1) is 0 Å². The Bertz CT molecular complexity index is 391. The highest BCUT2D eigenvalue weighted by Crippen LogP contribution is 2.60. The molecule has 0 aromatic carbocycles. The maximum Gasteiger partial charge on any atom is 0.258 e. The molecule has 1 heterocycles. The third-order valence-corrected chi connectivity index (χ3v) is 4.49. The number of nitrogens with zero attached hydrogens (tertiary/aromatic N) is 2. The summed E-state index contributed by atoms with van der Waals surface area (Å²) in [5, 5.41) is 0. The van der Waals surface area contributed by atoms with Gasteiger partial charge in [0.1, 0.15) is 0 Å². The molecular weight excluding hydrogens is 330 g/mol. The minimum Gasteiger partial charge on any atom is -0.381 e. The van der Waals surface area contributed by atoms with Crippen LogP contribution in [0.15, 0.2) is 0 Å². The van der Waals surface area contributed by atoms with Crippen molar-refractivity contribution >= 4 is 0 Å². The van der Waals surface area contributed by atoms with Crippen LogP contribution in [0.4, 0.5) is 8.78 Å². The standard InChI is InChI=1S/C9H17F2NO.C9H19NO2/c1-4-13-7-8(6-12(2)3)5-9(8,10)11;1-4-11-6-9(5-10(2)3)7-12-8-9/h4-7H2,1-3H3;4-8H2,1-3H3. The molecule has 2 rings (SSSR count). The van der Waals surface area contributed by atoms with Crippen LogP contribution in [0.1, 0.15) is 20.3 Å². The minimum atomic E-state index is -2.52. The minimum absolute atomic E-state index is 0.0296. The molecule has 1 aliphatic carbocycles. The summed E-state index contributed by atoms with van der Waals surface area (Å²) in [6.07, 6.45) is -0.0296. The first kappa shape index (κ1) is 22.7. The van der Waals surface area contributed by atoms with Gasteiger partial charge in [-0.05, 0) is 42.0 Å². The lowest BCUT2D eigenvalue weighted by Crippen LogP contribution is -2.52. The normalized spacial score (nSPS) is 26.2. The number of rotatable bonds is 10. The van der Waals surface area contributed by atoms with E-state index in [9.17, 15) is 8.78 Å². The Morgan fingerprint density at radius 1 is 0.880 bits per heavy atom. The third-order valence-electron chi connectivity index (χ3n) is 4.49. The van der Waals surface area contributed by atoms with Crippen molar-refractivity contribution in [3.63, 3.8) is 0 Å². The van der Waals surface area contributed by atoms with Crippen molar-refractivity contribution in [1.29, 1.82) is 0 Å². The number of hydrogen-bond donors (Lipinski definition) is 0. The van der Waals surface area contributed by atoms with E-state index >= 15 is 0 Å². The molecule has 0 bridgehead atoms. The monoisotopic (exact) mass is 366 g/mol. The van der Waals surface area contributed by atoms with Crippen LogP contribution in [-0.4, -0.2) is 96.6 Å². The van der Waals surface area contributed by atoms with Gasteiger partial charge in [-0.1, -0.05) is 0 Å². The second-order valence-corrected chi connectivity index (χ2v) is 7.90. The van der Waals surface area contributed by atoms with Gasteiger partial charge in [-0.3, -0.25) is 0 Å². The van der Waals surface area contributed by atoms with Crippen LogP contribution < -0.4 is 0 Å². The summed E-state index contributed by atoms with van der Waals surface area (Å²) in [6, 6.07) is 0. The molecule has 5 nitrogen and oxygen atoms in total. The summed E-state index contributed by atoms with van der Waals surface area (Å²) >= 11 is 0. The van der Waals surface area contributed by atoms with Gasteiger partial charge >= 0.3 is 0 Å². The van der Waals surface area contributed by atoms with Crippen LogP contribution >= 0.6 is 0 Å². The summed E-state index contributed by atoms with van der Waals surface area (Å²) in [5.41, 5.74) is -0.633. The molecule has 2 aliphatic rings. The fourth-order valence-electron chi connectivity index (χ4n) is 3.26. The molecule has 0 aromatic rings. The lowest BCUT2D eigenvalue weighted by molar-refractivity contribution is -0.154. The molecule has 1 aliphatic heterocycles. The highest BCUT2D eigenvalue weighted by atomic mass is 19.3. The van der Waals surface area contributed by atoms with Crippen molar-refractivity contribution in [2.75, 3.05) is 80.9 Å². The van der Waals surface area contributed by atoms with Crippen molar-refractivity contribution in [2.45, 2.75) is 26.2 Å². The van der Waals surface area contributed by atoms with Crippen LogP contribution in [0.3, 0.4) is 0 Å². The average molecular weight is 366 g/mol. The quantitative estimate of drug-likeness (QED) is 0.592. The highest BCUT2D eigenvalue weighted by Gasteiger charge is 2.71. The van der Waals surface area contributed by atoms with Gasteiger partial charge in [0.25, 0.3) is 5.92 Å². The zero-order chi connectivity index (χ0) is 19.1. The molecule has 150 valence electrons. The van der Waals surface area contributed by atoms with E-state index in [2.05, 4.69) is 19.0 Å². The maximum atomic E-state index is 13.0. The summed E-state index contributed by atoms with van der Waals surface area (Å²) < 4.78 is 41.8. The molecule has 1 atom stereocenters. The van der Waals surface area contributed by atoms with Crippen LogP contribution in [0.2, 0.25) is 0 Å². The van der Waals surface area contributed by atoms with E-state index in [0.717, 1.165) is 33.0 Å². The maximum absolute atomic E-state index is 13.0. The van der Waals surface area contributed by atoms with Gasteiger partial charge in [-0.2, -0.15) is 0 Å². The molecule has 1 saturated heterocycles. The van der Waals surface area contributed by atoms with Crippen molar-refractivity contribution in [3.8, 4) is 0 Å². The first-order valence-electron chi connectivity index (χ1n) is 9.02. The molecule has 1 unspecified atom stereocenters. The smallest absolute Gasteiger partial charge is 0.258 e. The number of hydrogen-bond acceptors (Lipinski definition) is 5. The van der Waals surface area contributed by atoms with Crippen LogP contribution in [0.25, 0.3) is 0 Å². The molecule has 0 amide bonds. The van der Waals surface area contributed by atoms with E-state index < -0.39 is 11.3 Å². The SMILES string of the molecule is CCOCC1(CN(C)C)CC1(F)F.CCOCC1(CN(C)C)COC1. The molecule has 1 saturated carbocycles. The lowest BCUT2D eigenvalue weighted by atomic mass is 9.86. The van der Waals surface area contributed by atoms with E-state index in [1.807, 2.05) is 27.9 Å². The molecule has 25 heavy (non-hydrogen) atoms. The predicted molar refractivity (Wildman–Crippen MR) is 95.3 cm³/mol. The van der Waals surface area contributed by atoms with Gasteiger partial charge in [0.05, 0.1) is 37.3 Å². The molecule has 0 aromatic heterocycles. The number of halogens is 2. The predicted octanol–water partition coefficient (Wildman–Crippen LogP) is 2.21. The Morgan fingerprint density at radius 2 is 1.36 bits per heavy atom. The van der Waals surface area contributed by atoms with Crippen molar-refractivity contribution < 1.29 is 23.0 Å². The molecule has 0 spiro atoms. The second-order valence-electron chi connectivity index (χ2n) is 7.90. The Kier molecular flexibility index (Phi) is 8.67. The summed E-state index contributed by atoms with van der Waals surface area (Å²) in [6.45, 7) is 9.34. The van der Waals surface area contributed by atoms with E-state index in [0.29, 0.717) is 13.2 Å². The van der Waals surface area contributed by atoms with E-state index in [4.69, 9.17) is 14.2 Å². The largest absolute Gasteiger partial charge is 0.381 e. The molecule has 0 radical (unpaired) electrons. The molecular formula is C18H36F2N2O3. The number of ether oxygens (including phenoxy) is 3. The van der Waals surface area contributed by atoms with Gasteiger partial charge in [0.15, 0.2) is 0 Å². The zero-order valence-corrected chi connectivity index (χ0v) is 16.7. The van der Waals surface area contributed by atoms with Crippen molar-refractivity contribution in [3.05, 3.63) is 0 Å². The Balaban J connectivity index is 0.000000251. The number of alkyl halides is 2. The Morgan fingerprint density at radius 3 is 1.68 bits per heavy atom. The molecule has 7 heteroatoms. The van der Waals surface area contributed by atoms with Gasteiger partial charge < -0.3 is 24.0 Å².